The van der Waals surface area contributed by atoms with E-state index < -0.39 is 0 Å². The van der Waals surface area contributed by atoms with E-state index in [1.165, 1.54) is 56.1 Å². The zero-order valence-corrected chi connectivity index (χ0v) is 13.4. The molecule has 0 aromatic heterocycles. The molecule has 1 aromatic carbocycles. The van der Waals surface area contributed by atoms with Crippen LogP contribution in [0.5, 0.6) is 0 Å². The van der Waals surface area contributed by atoms with Crippen LogP contribution in [0.3, 0.4) is 0 Å². The molecule has 0 spiro atoms. The lowest BCUT2D eigenvalue weighted by Crippen LogP contribution is -2.11. The van der Waals surface area contributed by atoms with E-state index in [4.69, 9.17) is 0 Å². The molecule has 0 atom stereocenters. The van der Waals surface area contributed by atoms with Gasteiger partial charge < -0.3 is 0 Å². The summed E-state index contributed by atoms with van der Waals surface area (Å²) < 4.78 is 12.2. The van der Waals surface area contributed by atoms with Crippen molar-refractivity contribution in [3.63, 3.8) is 0 Å². The smallest absolute Gasteiger partial charge is 0.0829 e. The molecule has 1 fully saturated rings. The van der Waals surface area contributed by atoms with Crippen LogP contribution in [-0.4, -0.2) is 0 Å². The fourth-order valence-corrected chi connectivity index (χ4v) is 3.46. The Morgan fingerprint density at radius 3 is 2.33 bits per heavy atom. The number of aryl methyl sites for hydroxylation is 1. The maximum atomic E-state index is 12.2. The maximum absolute atomic E-state index is 12.2. The summed E-state index contributed by atoms with van der Waals surface area (Å²) >= 11 is 0. The molecule has 0 amide bonds. The second kappa shape index (κ2) is 9.02. The quantitative estimate of drug-likeness (QED) is 0.498. The summed E-state index contributed by atoms with van der Waals surface area (Å²) in [5.74, 6) is 1.15. The molecule has 0 N–H and O–H groups in total. The molecule has 0 unspecified atom stereocenters. The molecule has 0 nitrogen and oxygen atoms in total. The van der Waals surface area contributed by atoms with Crippen LogP contribution in [0.1, 0.15) is 75.3 Å². The highest BCUT2D eigenvalue weighted by atomic mass is 19.1. The Morgan fingerprint density at radius 2 is 1.71 bits per heavy atom. The first kappa shape index (κ1) is 16.3. The van der Waals surface area contributed by atoms with Gasteiger partial charge in [-0.15, -0.1) is 0 Å². The first-order valence-corrected chi connectivity index (χ1v) is 8.69. The predicted octanol–water partition coefficient (Wildman–Crippen LogP) is 6.57. The fourth-order valence-electron chi connectivity index (χ4n) is 3.46. The highest BCUT2D eigenvalue weighted by Crippen LogP contribution is 2.36. The molecular formula is C20H29F. The van der Waals surface area contributed by atoms with E-state index in [-0.39, 0.29) is 0 Å². The van der Waals surface area contributed by atoms with Gasteiger partial charge in [0.05, 0.1) is 6.33 Å². The molecule has 1 aliphatic rings. The van der Waals surface area contributed by atoms with Crippen LogP contribution >= 0.6 is 0 Å². The van der Waals surface area contributed by atoms with E-state index in [0.29, 0.717) is 11.8 Å². The topological polar surface area (TPSA) is 0 Å². The standard InChI is InChI=1S/C20H29F/c1-2-3-4-5-6-17-7-11-19(12-8-17)20-13-9-18(10-14-20)15-16-21/h7-8,11-12,15-16,18,20H,2-6,9-10,13-14H2,1H3/b16-15+. The molecule has 1 aliphatic carbocycles. The van der Waals surface area contributed by atoms with Gasteiger partial charge in [-0.3, -0.25) is 0 Å². The first-order valence-electron chi connectivity index (χ1n) is 8.69. The van der Waals surface area contributed by atoms with Crippen molar-refractivity contribution in [2.75, 3.05) is 0 Å². The van der Waals surface area contributed by atoms with Gasteiger partial charge >= 0.3 is 0 Å². The Kier molecular flexibility index (Phi) is 6.99. The Labute approximate surface area is 129 Å². The van der Waals surface area contributed by atoms with Crippen molar-refractivity contribution in [2.24, 2.45) is 5.92 Å². The lowest BCUT2D eigenvalue weighted by Gasteiger charge is -2.27. The molecule has 0 radical (unpaired) electrons. The number of hydrogen-bond acceptors (Lipinski definition) is 0. The van der Waals surface area contributed by atoms with Gasteiger partial charge in [0.2, 0.25) is 0 Å². The van der Waals surface area contributed by atoms with Crippen LogP contribution in [0.4, 0.5) is 4.39 Å². The fraction of sp³-hybridized carbons (Fsp3) is 0.600. The predicted molar refractivity (Wildman–Crippen MR) is 89.2 cm³/mol. The molecule has 1 aromatic rings. The van der Waals surface area contributed by atoms with Crippen molar-refractivity contribution < 1.29 is 4.39 Å². The van der Waals surface area contributed by atoms with Gasteiger partial charge in [0.25, 0.3) is 0 Å². The van der Waals surface area contributed by atoms with Gasteiger partial charge in [-0.1, -0.05) is 56.5 Å². The number of allylic oxidation sites excluding steroid dienone is 1. The highest BCUT2D eigenvalue weighted by Gasteiger charge is 2.20. The van der Waals surface area contributed by atoms with Gasteiger partial charge in [-0.2, -0.15) is 0 Å². The lowest BCUT2D eigenvalue weighted by molar-refractivity contribution is 0.373. The molecule has 116 valence electrons. The summed E-state index contributed by atoms with van der Waals surface area (Å²) in [7, 11) is 0. The second-order valence-electron chi connectivity index (χ2n) is 6.48. The first-order chi connectivity index (χ1) is 10.3. The van der Waals surface area contributed by atoms with E-state index in [1.807, 2.05) is 0 Å². The third-order valence-electron chi connectivity index (χ3n) is 4.89. The molecule has 1 saturated carbocycles. The minimum atomic E-state index is 0.462. The van der Waals surface area contributed by atoms with Gasteiger partial charge in [-0.25, -0.2) is 4.39 Å². The van der Waals surface area contributed by atoms with E-state index in [2.05, 4.69) is 31.2 Å². The molecule has 2 rings (SSSR count). The molecular weight excluding hydrogens is 259 g/mol. The van der Waals surface area contributed by atoms with Crippen molar-refractivity contribution in [1.29, 1.82) is 0 Å². The molecule has 0 saturated heterocycles. The van der Waals surface area contributed by atoms with E-state index >= 15 is 0 Å². The minimum absolute atomic E-state index is 0.462. The van der Waals surface area contributed by atoms with Gasteiger partial charge in [0.15, 0.2) is 0 Å². The van der Waals surface area contributed by atoms with Crippen molar-refractivity contribution in [2.45, 2.75) is 70.6 Å². The van der Waals surface area contributed by atoms with E-state index in [9.17, 15) is 4.39 Å². The summed E-state index contributed by atoms with van der Waals surface area (Å²) in [6.07, 6.45) is 13.7. The Balaban J connectivity index is 1.79. The van der Waals surface area contributed by atoms with Crippen LogP contribution in [0.2, 0.25) is 0 Å². The van der Waals surface area contributed by atoms with Crippen molar-refractivity contribution >= 4 is 0 Å². The lowest BCUT2D eigenvalue weighted by atomic mass is 9.78. The maximum Gasteiger partial charge on any atom is 0.0829 e. The third kappa shape index (κ3) is 5.30. The zero-order chi connectivity index (χ0) is 14.9. The van der Waals surface area contributed by atoms with Crippen LogP contribution < -0.4 is 0 Å². The number of rotatable bonds is 7. The summed E-state index contributed by atoms with van der Waals surface area (Å²) in [4.78, 5) is 0. The number of hydrogen-bond donors (Lipinski definition) is 0. The van der Waals surface area contributed by atoms with Crippen LogP contribution in [-0.2, 0) is 6.42 Å². The summed E-state index contributed by atoms with van der Waals surface area (Å²) in [5.41, 5.74) is 2.96. The molecule has 0 aliphatic heterocycles. The van der Waals surface area contributed by atoms with Crippen LogP contribution in [0, 0.1) is 5.92 Å². The summed E-state index contributed by atoms with van der Waals surface area (Å²) in [5, 5.41) is 0. The Hall–Kier alpha value is -1.11. The van der Waals surface area contributed by atoms with Gasteiger partial charge in [0, 0.05) is 0 Å². The summed E-state index contributed by atoms with van der Waals surface area (Å²) in [6, 6.07) is 9.28. The molecule has 0 bridgehead atoms. The van der Waals surface area contributed by atoms with Crippen molar-refractivity contribution in [3.05, 3.63) is 47.8 Å². The Bertz CT molecular complexity index is 410. The Morgan fingerprint density at radius 1 is 1.00 bits per heavy atom. The van der Waals surface area contributed by atoms with Crippen LogP contribution in [0.15, 0.2) is 36.7 Å². The van der Waals surface area contributed by atoms with Crippen molar-refractivity contribution in [1.82, 2.24) is 0 Å². The average molecular weight is 288 g/mol. The SMILES string of the molecule is CCCCCCc1ccc(C2CCC(/C=C/F)CC2)cc1. The van der Waals surface area contributed by atoms with Crippen LogP contribution in [0.25, 0.3) is 0 Å². The number of benzene rings is 1. The average Bonchev–Trinajstić information content (AvgIpc) is 2.53. The largest absolute Gasteiger partial charge is 0.216 e. The normalized spacial score (nSPS) is 22.8. The summed E-state index contributed by atoms with van der Waals surface area (Å²) in [6.45, 7) is 2.26. The van der Waals surface area contributed by atoms with Gasteiger partial charge in [0.1, 0.15) is 0 Å². The molecule has 0 heterocycles. The minimum Gasteiger partial charge on any atom is -0.216 e. The monoisotopic (exact) mass is 288 g/mol. The number of halogens is 1. The van der Waals surface area contributed by atoms with Crippen molar-refractivity contribution in [3.8, 4) is 0 Å². The van der Waals surface area contributed by atoms with E-state index in [1.54, 1.807) is 6.08 Å². The van der Waals surface area contributed by atoms with E-state index in [0.717, 1.165) is 19.2 Å². The highest BCUT2D eigenvalue weighted by molar-refractivity contribution is 5.26. The zero-order valence-electron chi connectivity index (χ0n) is 13.4. The molecule has 1 heteroatoms. The number of unbranched alkanes of at least 4 members (excludes halogenated alkanes) is 3. The second-order valence-corrected chi connectivity index (χ2v) is 6.48. The molecule has 21 heavy (non-hydrogen) atoms. The third-order valence-corrected chi connectivity index (χ3v) is 4.89. The van der Waals surface area contributed by atoms with Gasteiger partial charge in [-0.05, 0) is 61.5 Å².